The summed E-state index contributed by atoms with van der Waals surface area (Å²) in [6, 6.07) is 10.2. The van der Waals surface area contributed by atoms with Crippen LogP contribution in [0.2, 0.25) is 0 Å². The van der Waals surface area contributed by atoms with Crippen molar-refractivity contribution in [2.75, 3.05) is 0 Å². The lowest BCUT2D eigenvalue weighted by atomic mass is 10.1. The second-order valence-corrected chi connectivity index (χ2v) is 8.74. The third-order valence-corrected chi connectivity index (χ3v) is 6.21. The number of hydrogen-bond acceptors (Lipinski definition) is 8. The van der Waals surface area contributed by atoms with Crippen LogP contribution in [0.25, 0.3) is 21.3 Å². The van der Waals surface area contributed by atoms with Gasteiger partial charge in [0.1, 0.15) is 17.0 Å². The van der Waals surface area contributed by atoms with Crippen LogP contribution in [0.1, 0.15) is 24.3 Å². The Kier molecular flexibility index (Phi) is 5.13. The van der Waals surface area contributed by atoms with E-state index in [1.54, 1.807) is 11.3 Å². The molecule has 1 fully saturated rings. The van der Waals surface area contributed by atoms with Crippen LogP contribution in [0.5, 0.6) is 0 Å². The molecule has 0 spiro atoms. The molecule has 29 heavy (non-hydrogen) atoms. The van der Waals surface area contributed by atoms with E-state index in [1.165, 1.54) is 16.9 Å². The van der Waals surface area contributed by atoms with E-state index in [9.17, 15) is 4.79 Å². The fourth-order valence-electron chi connectivity index (χ4n) is 2.86. The van der Waals surface area contributed by atoms with Gasteiger partial charge in [-0.1, -0.05) is 6.07 Å². The van der Waals surface area contributed by atoms with Crippen LogP contribution < -0.4 is 5.32 Å². The number of fused-ring (bicyclic) bond motifs is 1. The third-order valence-electron chi connectivity index (χ3n) is 4.51. The zero-order chi connectivity index (χ0) is 20.4. The van der Waals surface area contributed by atoms with Crippen LogP contribution in [-0.4, -0.2) is 28.2 Å². The second-order valence-electron chi connectivity index (χ2n) is 6.85. The molecule has 0 unspecified atom stereocenters. The smallest absolute Gasteiger partial charge is 0.230 e. The zero-order valence-electron chi connectivity index (χ0n) is 15.3. The van der Waals surface area contributed by atoms with Gasteiger partial charge in [0.15, 0.2) is 11.8 Å². The standard InChI is InChI=1S/C20H17N5O2S2/c21-11-20(4-5-20)25-18(26)8-16(22)27-17(23)9-19-24-14-2-1-12(7-15(14)29-19)13-3-6-28-10-13/h1-3,6-7,10,22-23H,4-5,8-9H2,(H,25,26). The van der Waals surface area contributed by atoms with Gasteiger partial charge in [-0.05, 0) is 52.9 Å². The van der Waals surface area contributed by atoms with Crippen molar-refractivity contribution in [1.82, 2.24) is 10.3 Å². The number of ether oxygens (including phenoxy) is 1. The topological polar surface area (TPSA) is 123 Å². The molecule has 0 saturated heterocycles. The van der Waals surface area contributed by atoms with Crippen LogP contribution in [0.15, 0.2) is 35.0 Å². The lowest BCUT2D eigenvalue weighted by molar-refractivity contribution is -0.120. The normalized spacial score (nSPS) is 14.2. The number of nitrogens with one attached hydrogen (secondary N) is 3. The van der Waals surface area contributed by atoms with E-state index in [0.29, 0.717) is 17.8 Å². The van der Waals surface area contributed by atoms with E-state index < -0.39 is 11.4 Å². The second kappa shape index (κ2) is 7.73. The predicted molar refractivity (Wildman–Crippen MR) is 114 cm³/mol. The van der Waals surface area contributed by atoms with E-state index in [0.717, 1.165) is 15.8 Å². The number of benzene rings is 1. The molecule has 1 aliphatic carbocycles. The first-order chi connectivity index (χ1) is 14.0. The summed E-state index contributed by atoms with van der Waals surface area (Å²) in [7, 11) is 0. The van der Waals surface area contributed by atoms with Crippen molar-refractivity contribution in [1.29, 1.82) is 16.1 Å². The molecule has 0 radical (unpaired) electrons. The molecule has 146 valence electrons. The quantitative estimate of drug-likeness (QED) is 0.408. The van der Waals surface area contributed by atoms with Crippen molar-refractivity contribution in [3.63, 3.8) is 0 Å². The number of carbonyl (C=O) groups is 1. The maximum Gasteiger partial charge on any atom is 0.230 e. The number of amides is 1. The van der Waals surface area contributed by atoms with Gasteiger partial charge in [0, 0.05) is 0 Å². The van der Waals surface area contributed by atoms with E-state index >= 15 is 0 Å². The first-order valence-corrected chi connectivity index (χ1v) is 10.7. The summed E-state index contributed by atoms with van der Waals surface area (Å²) in [6.45, 7) is 0. The molecule has 1 amide bonds. The summed E-state index contributed by atoms with van der Waals surface area (Å²) in [6.07, 6.45) is 1.12. The number of aromatic nitrogens is 1. The summed E-state index contributed by atoms with van der Waals surface area (Å²) in [4.78, 5) is 16.4. The van der Waals surface area contributed by atoms with E-state index in [2.05, 4.69) is 33.9 Å². The first-order valence-electron chi connectivity index (χ1n) is 8.93. The Labute approximate surface area is 175 Å². The van der Waals surface area contributed by atoms with Gasteiger partial charge in [-0.25, -0.2) is 4.98 Å². The summed E-state index contributed by atoms with van der Waals surface area (Å²) >= 11 is 3.13. The predicted octanol–water partition coefficient (Wildman–Crippen LogP) is 4.10. The highest BCUT2D eigenvalue weighted by Crippen LogP contribution is 2.34. The maximum atomic E-state index is 11.9. The number of nitriles is 1. The van der Waals surface area contributed by atoms with Gasteiger partial charge in [-0.2, -0.15) is 16.6 Å². The molecule has 0 aliphatic heterocycles. The summed E-state index contributed by atoms with van der Waals surface area (Å²) < 4.78 is 6.19. The highest BCUT2D eigenvalue weighted by molar-refractivity contribution is 7.18. The Morgan fingerprint density at radius 2 is 2.10 bits per heavy atom. The molecule has 4 rings (SSSR count). The van der Waals surface area contributed by atoms with Crippen LogP contribution in [-0.2, 0) is 16.0 Å². The molecule has 3 aromatic rings. The van der Waals surface area contributed by atoms with Gasteiger partial charge >= 0.3 is 0 Å². The van der Waals surface area contributed by atoms with Crippen molar-refractivity contribution in [2.45, 2.75) is 31.2 Å². The van der Waals surface area contributed by atoms with Crippen molar-refractivity contribution in [3.05, 3.63) is 40.0 Å². The van der Waals surface area contributed by atoms with Crippen molar-refractivity contribution >= 4 is 50.6 Å². The van der Waals surface area contributed by atoms with Crippen LogP contribution in [0.3, 0.4) is 0 Å². The molecule has 1 aromatic carbocycles. The van der Waals surface area contributed by atoms with Gasteiger partial charge in [0.25, 0.3) is 0 Å². The van der Waals surface area contributed by atoms with Crippen LogP contribution in [0.4, 0.5) is 0 Å². The number of thiophene rings is 1. The van der Waals surface area contributed by atoms with Gasteiger partial charge in [0.05, 0.1) is 22.7 Å². The van der Waals surface area contributed by atoms with Crippen LogP contribution in [0, 0.1) is 22.1 Å². The number of carbonyl (C=O) groups excluding carboxylic acids is 1. The molecule has 0 atom stereocenters. The minimum absolute atomic E-state index is 0.138. The van der Waals surface area contributed by atoms with Gasteiger partial charge < -0.3 is 10.1 Å². The highest BCUT2D eigenvalue weighted by Gasteiger charge is 2.44. The van der Waals surface area contributed by atoms with E-state index in [-0.39, 0.29) is 24.6 Å². The Balaban J connectivity index is 1.34. The minimum Gasteiger partial charge on any atom is -0.429 e. The molecule has 3 N–H and O–H groups in total. The average Bonchev–Trinajstić information content (AvgIpc) is 3.06. The summed E-state index contributed by atoms with van der Waals surface area (Å²) in [5.74, 6) is -0.897. The molecule has 1 saturated carbocycles. The number of nitrogens with zero attached hydrogens (tertiary/aromatic N) is 2. The van der Waals surface area contributed by atoms with E-state index in [4.69, 9.17) is 20.8 Å². The van der Waals surface area contributed by atoms with Crippen molar-refractivity contribution < 1.29 is 9.53 Å². The number of thiazole rings is 1. The molecule has 9 heteroatoms. The van der Waals surface area contributed by atoms with Gasteiger partial charge in [-0.3, -0.25) is 15.6 Å². The van der Waals surface area contributed by atoms with Gasteiger partial charge in [-0.15, -0.1) is 11.3 Å². The lowest BCUT2D eigenvalue weighted by Crippen LogP contribution is -2.37. The lowest BCUT2D eigenvalue weighted by Gasteiger charge is -2.10. The van der Waals surface area contributed by atoms with Crippen molar-refractivity contribution in [2.24, 2.45) is 0 Å². The third kappa shape index (κ3) is 4.50. The molecule has 2 heterocycles. The Bertz CT molecular complexity index is 1140. The van der Waals surface area contributed by atoms with E-state index in [1.807, 2.05) is 17.5 Å². The van der Waals surface area contributed by atoms with Gasteiger partial charge in [0.2, 0.25) is 5.91 Å². The Morgan fingerprint density at radius 3 is 2.79 bits per heavy atom. The number of hydrogen-bond donors (Lipinski definition) is 3. The summed E-state index contributed by atoms with van der Waals surface area (Å²) in [5, 5.41) is 32.2. The molecule has 1 aliphatic rings. The molecule has 7 nitrogen and oxygen atoms in total. The molecular weight excluding hydrogens is 406 g/mol. The largest absolute Gasteiger partial charge is 0.429 e. The molecular formula is C20H17N5O2S2. The fraction of sp³-hybridized carbons (Fsp3) is 0.250. The zero-order valence-corrected chi connectivity index (χ0v) is 17.0. The Hall–Kier alpha value is -3.09. The average molecular weight is 424 g/mol. The Morgan fingerprint density at radius 1 is 1.28 bits per heavy atom. The first kappa shape index (κ1) is 19.2. The monoisotopic (exact) mass is 423 g/mol. The number of rotatable bonds is 6. The summed E-state index contributed by atoms with van der Waals surface area (Å²) in [5.41, 5.74) is 2.38. The maximum absolute atomic E-state index is 11.9. The van der Waals surface area contributed by atoms with Crippen LogP contribution >= 0.6 is 22.7 Å². The fourth-order valence-corrected chi connectivity index (χ4v) is 4.53. The van der Waals surface area contributed by atoms with Crippen molar-refractivity contribution in [3.8, 4) is 17.2 Å². The molecule has 2 aromatic heterocycles. The minimum atomic E-state index is -0.770. The molecule has 0 bridgehead atoms. The highest BCUT2D eigenvalue weighted by atomic mass is 32.1. The SMILES string of the molecule is N#CC1(NC(=O)CC(=N)OC(=N)Cc2nc3ccc(-c4ccsc4)cc3s2)CC1.